The van der Waals surface area contributed by atoms with E-state index in [-0.39, 0.29) is 0 Å². The van der Waals surface area contributed by atoms with Crippen LogP contribution in [-0.4, -0.2) is 41.9 Å². The van der Waals surface area contributed by atoms with Gasteiger partial charge in [0.2, 0.25) is 5.95 Å². The van der Waals surface area contributed by atoms with E-state index < -0.39 is 0 Å². The summed E-state index contributed by atoms with van der Waals surface area (Å²) < 4.78 is 7.99. The first-order chi connectivity index (χ1) is 8.65. The molecule has 1 aromatic heterocycles. The summed E-state index contributed by atoms with van der Waals surface area (Å²) >= 11 is 0. The van der Waals surface area contributed by atoms with E-state index in [0.29, 0.717) is 18.2 Å². The van der Waals surface area contributed by atoms with Crippen LogP contribution in [0.3, 0.4) is 0 Å². The Bertz CT molecular complexity index is 429. The molecule has 2 fully saturated rings. The molecule has 5 nitrogen and oxygen atoms in total. The Morgan fingerprint density at radius 3 is 2.89 bits per heavy atom. The fraction of sp³-hybridized carbons (Fsp3) is 0.769. The lowest BCUT2D eigenvalue weighted by molar-refractivity contribution is 0.0972. The molecule has 1 aromatic rings. The quantitative estimate of drug-likeness (QED) is 0.862. The van der Waals surface area contributed by atoms with Gasteiger partial charge in [0, 0.05) is 33.7 Å². The zero-order valence-corrected chi connectivity index (χ0v) is 11.4. The zero-order chi connectivity index (χ0) is 12.7. The number of anilines is 1. The molecule has 0 radical (unpaired) electrons. The molecule has 3 heterocycles. The average Bonchev–Trinajstić information content (AvgIpc) is 3.01. The molecule has 2 saturated heterocycles. The van der Waals surface area contributed by atoms with Crippen LogP contribution in [-0.2, 0) is 18.3 Å². The molecule has 0 amide bonds. The van der Waals surface area contributed by atoms with Gasteiger partial charge in [0.1, 0.15) is 0 Å². The van der Waals surface area contributed by atoms with Gasteiger partial charge in [-0.25, -0.2) is 4.98 Å². The van der Waals surface area contributed by atoms with Crippen LogP contribution < -0.4 is 10.2 Å². The van der Waals surface area contributed by atoms with Crippen LogP contribution in [0.5, 0.6) is 0 Å². The number of fused-ring (bicyclic) bond motifs is 2. The highest BCUT2D eigenvalue weighted by molar-refractivity contribution is 5.30. The maximum Gasteiger partial charge on any atom is 0.204 e. The first-order valence-electron chi connectivity index (χ1n) is 6.72. The standard InChI is InChI=1S/C13H22N4O/c1-16(2)13-15-8-9(17(13)3)7-14-11-6-10-4-5-12(11)18-10/h8,10-12,14H,4-7H2,1-3H3. The Balaban J connectivity index is 1.60. The van der Waals surface area contributed by atoms with Crippen molar-refractivity contribution >= 4 is 5.95 Å². The lowest BCUT2D eigenvalue weighted by atomic mass is 9.95. The predicted octanol–water partition coefficient (Wildman–Crippen LogP) is 0.896. The maximum atomic E-state index is 5.85. The lowest BCUT2D eigenvalue weighted by Gasteiger charge is -2.20. The first kappa shape index (κ1) is 12.0. The second-order valence-electron chi connectivity index (χ2n) is 5.60. The molecule has 18 heavy (non-hydrogen) atoms. The summed E-state index contributed by atoms with van der Waals surface area (Å²) in [6.45, 7) is 0.870. The molecule has 3 rings (SSSR count). The van der Waals surface area contributed by atoms with E-state index in [1.165, 1.54) is 25.0 Å². The van der Waals surface area contributed by atoms with Crippen molar-refractivity contribution in [2.75, 3.05) is 19.0 Å². The molecule has 2 aliphatic heterocycles. The SMILES string of the molecule is CN(C)c1ncc(CNC2CC3CCC2O3)n1C. The Hall–Kier alpha value is -1.07. The Labute approximate surface area is 108 Å². The van der Waals surface area contributed by atoms with Crippen molar-refractivity contribution in [1.29, 1.82) is 0 Å². The predicted molar refractivity (Wildman–Crippen MR) is 70.7 cm³/mol. The van der Waals surface area contributed by atoms with Gasteiger partial charge in [-0.3, -0.25) is 0 Å². The highest BCUT2D eigenvalue weighted by Gasteiger charge is 2.40. The minimum Gasteiger partial charge on any atom is -0.373 e. The van der Waals surface area contributed by atoms with E-state index >= 15 is 0 Å². The zero-order valence-electron chi connectivity index (χ0n) is 11.4. The van der Waals surface area contributed by atoms with E-state index in [2.05, 4.69) is 21.9 Å². The van der Waals surface area contributed by atoms with Gasteiger partial charge < -0.3 is 19.5 Å². The van der Waals surface area contributed by atoms with Crippen molar-refractivity contribution in [2.24, 2.45) is 7.05 Å². The molecule has 0 aromatic carbocycles. The van der Waals surface area contributed by atoms with Crippen molar-refractivity contribution in [3.8, 4) is 0 Å². The molecule has 3 unspecified atom stereocenters. The van der Waals surface area contributed by atoms with Gasteiger partial charge in [0.15, 0.2) is 0 Å². The van der Waals surface area contributed by atoms with E-state index in [1.807, 2.05) is 25.2 Å². The largest absolute Gasteiger partial charge is 0.373 e. The first-order valence-corrected chi connectivity index (χ1v) is 6.72. The van der Waals surface area contributed by atoms with Crippen molar-refractivity contribution < 1.29 is 4.74 Å². The van der Waals surface area contributed by atoms with Gasteiger partial charge in [0.05, 0.1) is 24.1 Å². The molecule has 3 atom stereocenters. The Morgan fingerprint density at radius 2 is 2.33 bits per heavy atom. The van der Waals surface area contributed by atoms with Crippen LogP contribution in [0.4, 0.5) is 5.95 Å². The normalized spacial score (nSPS) is 30.1. The fourth-order valence-corrected chi connectivity index (χ4v) is 3.10. The number of hydrogen-bond donors (Lipinski definition) is 1. The van der Waals surface area contributed by atoms with Gasteiger partial charge in [-0.05, 0) is 19.3 Å². The third kappa shape index (κ3) is 2.01. The third-order valence-corrected chi connectivity index (χ3v) is 4.11. The molecule has 100 valence electrons. The molecule has 2 aliphatic rings. The summed E-state index contributed by atoms with van der Waals surface area (Å²) in [6.07, 6.45) is 6.54. The number of nitrogens with zero attached hydrogens (tertiary/aromatic N) is 3. The maximum absolute atomic E-state index is 5.85. The Kier molecular flexibility index (Phi) is 3.03. The van der Waals surface area contributed by atoms with Crippen molar-refractivity contribution in [3.63, 3.8) is 0 Å². The third-order valence-electron chi connectivity index (χ3n) is 4.11. The van der Waals surface area contributed by atoms with Crippen molar-refractivity contribution in [2.45, 2.75) is 44.1 Å². The second kappa shape index (κ2) is 4.55. The summed E-state index contributed by atoms with van der Waals surface area (Å²) in [4.78, 5) is 6.46. The second-order valence-corrected chi connectivity index (χ2v) is 5.60. The van der Waals surface area contributed by atoms with Crippen LogP contribution in [0.1, 0.15) is 25.0 Å². The number of ether oxygens (including phenoxy) is 1. The van der Waals surface area contributed by atoms with Crippen molar-refractivity contribution in [1.82, 2.24) is 14.9 Å². The van der Waals surface area contributed by atoms with Crippen LogP contribution in [0.25, 0.3) is 0 Å². The molecule has 0 aliphatic carbocycles. The van der Waals surface area contributed by atoms with Crippen LogP contribution in [0, 0.1) is 0 Å². The minimum absolute atomic E-state index is 0.441. The molecule has 1 N–H and O–H groups in total. The highest BCUT2D eigenvalue weighted by Crippen LogP contribution is 2.34. The number of rotatable bonds is 4. The molecule has 2 bridgehead atoms. The van der Waals surface area contributed by atoms with Gasteiger partial charge in [0.25, 0.3) is 0 Å². The van der Waals surface area contributed by atoms with Crippen LogP contribution in [0.2, 0.25) is 0 Å². The van der Waals surface area contributed by atoms with Crippen LogP contribution >= 0.6 is 0 Å². The fourth-order valence-electron chi connectivity index (χ4n) is 3.10. The van der Waals surface area contributed by atoms with Gasteiger partial charge in [-0.2, -0.15) is 0 Å². The van der Waals surface area contributed by atoms with Gasteiger partial charge in [-0.15, -0.1) is 0 Å². The number of aromatic nitrogens is 2. The number of hydrogen-bond acceptors (Lipinski definition) is 4. The summed E-state index contributed by atoms with van der Waals surface area (Å²) in [7, 11) is 6.10. The summed E-state index contributed by atoms with van der Waals surface area (Å²) in [5, 5.41) is 3.62. The average molecular weight is 250 g/mol. The summed E-state index contributed by atoms with van der Waals surface area (Å²) in [6, 6.07) is 0.529. The smallest absolute Gasteiger partial charge is 0.204 e. The molecule has 0 spiro atoms. The number of imidazole rings is 1. The van der Waals surface area contributed by atoms with Crippen LogP contribution in [0.15, 0.2) is 6.20 Å². The lowest BCUT2D eigenvalue weighted by Crippen LogP contribution is -2.37. The highest BCUT2D eigenvalue weighted by atomic mass is 16.5. The molecule has 0 saturated carbocycles. The molecule has 5 heteroatoms. The van der Waals surface area contributed by atoms with E-state index in [0.717, 1.165) is 12.5 Å². The number of nitrogens with one attached hydrogen (secondary N) is 1. The van der Waals surface area contributed by atoms with E-state index in [1.54, 1.807) is 0 Å². The summed E-state index contributed by atoms with van der Waals surface area (Å²) in [5.74, 6) is 0.996. The Morgan fingerprint density at radius 1 is 1.50 bits per heavy atom. The molecular weight excluding hydrogens is 228 g/mol. The molecular formula is C13H22N4O. The van der Waals surface area contributed by atoms with Gasteiger partial charge in [-0.1, -0.05) is 0 Å². The topological polar surface area (TPSA) is 42.3 Å². The van der Waals surface area contributed by atoms with Crippen molar-refractivity contribution in [3.05, 3.63) is 11.9 Å². The monoisotopic (exact) mass is 250 g/mol. The summed E-state index contributed by atoms with van der Waals surface area (Å²) in [5.41, 5.74) is 1.22. The minimum atomic E-state index is 0.441. The van der Waals surface area contributed by atoms with Gasteiger partial charge >= 0.3 is 0 Å². The van der Waals surface area contributed by atoms with E-state index in [4.69, 9.17) is 4.74 Å². The van der Waals surface area contributed by atoms with E-state index in [9.17, 15) is 0 Å².